The van der Waals surface area contributed by atoms with Crippen LogP contribution in [0.5, 0.6) is 0 Å². The summed E-state index contributed by atoms with van der Waals surface area (Å²) in [6, 6.07) is 21.9. The molecule has 0 aliphatic rings. The molecular formula is C16H14Na4. The first kappa shape index (κ1) is 21.9. The van der Waals surface area contributed by atoms with E-state index in [4.69, 9.17) is 0 Å². The van der Waals surface area contributed by atoms with Crippen molar-refractivity contribution in [2.75, 3.05) is 0 Å². The van der Waals surface area contributed by atoms with Gasteiger partial charge in [-0.05, 0) is 32.3 Å². The normalized spacial score (nSPS) is 9.40. The van der Waals surface area contributed by atoms with Crippen molar-refractivity contribution >= 4 is 151 Å². The van der Waals surface area contributed by atoms with Gasteiger partial charge in [0.1, 0.15) is 0 Å². The van der Waals surface area contributed by atoms with Crippen LogP contribution in [0.25, 0.3) is 32.3 Å². The van der Waals surface area contributed by atoms with Gasteiger partial charge in [0.05, 0.1) is 0 Å². The fraction of sp³-hybridized carbons (Fsp3) is 0. The van der Waals surface area contributed by atoms with E-state index >= 15 is 0 Å². The number of benzene rings is 4. The van der Waals surface area contributed by atoms with Gasteiger partial charge in [-0.3, -0.25) is 0 Å². The molecule has 0 amide bonds. The molecule has 0 fully saturated rings. The van der Waals surface area contributed by atoms with Crippen LogP contribution in [0, 0.1) is 0 Å². The molecule has 0 heterocycles. The second-order valence-electron chi connectivity index (χ2n) is 4.29. The van der Waals surface area contributed by atoms with Gasteiger partial charge in [-0.1, -0.05) is 60.7 Å². The summed E-state index contributed by atoms with van der Waals surface area (Å²) in [5, 5.41) is 8.14. The first-order valence-corrected chi connectivity index (χ1v) is 5.56. The van der Waals surface area contributed by atoms with Crippen LogP contribution in [0.4, 0.5) is 0 Å². The van der Waals surface area contributed by atoms with Crippen LogP contribution in [0.3, 0.4) is 0 Å². The van der Waals surface area contributed by atoms with Gasteiger partial charge in [0.25, 0.3) is 0 Å². The topological polar surface area (TPSA) is 0 Å². The average Bonchev–Trinajstić information content (AvgIpc) is 2.36. The Balaban J connectivity index is 0.000000902. The van der Waals surface area contributed by atoms with E-state index in [1.54, 1.807) is 0 Å². The minimum atomic E-state index is 0. The number of hydrogen-bond donors (Lipinski definition) is 0. The van der Waals surface area contributed by atoms with Crippen molar-refractivity contribution in [2.24, 2.45) is 0 Å². The Bertz CT molecular complexity index is 681. The molecule has 0 nitrogen and oxygen atoms in total. The predicted octanol–water partition coefficient (Wildman–Crippen LogP) is 1.99. The third-order valence-electron chi connectivity index (χ3n) is 3.39. The van der Waals surface area contributed by atoms with Crippen molar-refractivity contribution in [1.29, 1.82) is 0 Å². The molecule has 0 unspecified atom stereocenters. The van der Waals surface area contributed by atoms with Crippen LogP contribution in [0.15, 0.2) is 60.7 Å². The molecule has 4 aromatic rings. The van der Waals surface area contributed by atoms with Crippen LogP contribution in [0.2, 0.25) is 0 Å². The Hall–Kier alpha value is 1.92. The van der Waals surface area contributed by atoms with Crippen molar-refractivity contribution in [3.8, 4) is 0 Å². The van der Waals surface area contributed by atoms with Crippen LogP contribution in [0.1, 0.15) is 0 Å². The molecule has 0 atom stereocenters. The van der Waals surface area contributed by atoms with E-state index in [2.05, 4.69) is 60.7 Å². The summed E-state index contributed by atoms with van der Waals surface area (Å²) >= 11 is 0. The van der Waals surface area contributed by atoms with Gasteiger partial charge in [0.2, 0.25) is 0 Å². The Morgan fingerprint density at radius 2 is 0.600 bits per heavy atom. The number of hydrogen-bond acceptors (Lipinski definition) is 0. The second kappa shape index (κ2) is 9.27. The van der Waals surface area contributed by atoms with Crippen molar-refractivity contribution in [2.45, 2.75) is 0 Å². The standard InChI is InChI=1S/C16H10.4Na.4H/c1-3-11-7-9-13-5-2-6-14-10-8-12(4-1)15(11)16(13)14;;;;;;;;/h1-10H;;;;;;;;. The average molecular weight is 298 g/mol. The molecule has 0 bridgehead atoms. The molecule has 4 heteroatoms. The predicted molar refractivity (Wildman–Crippen MR) is 98.7 cm³/mol. The summed E-state index contributed by atoms with van der Waals surface area (Å²) in [6.07, 6.45) is 0. The molecule has 0 radical (unpaired) electrons. The van der Waals surface area contributed by atoms with E-state index in [9.17, 15) is 0 Å². The van der Waals surface area contributed by atoms with E-state index in [0.717, 1.165) is 0 Å². The van der Waals surface area contributed by atoms with E-state index < -0.39 is 0 Å². The van der Waals surface area contributed by atoms with Gasteiger partial charge in [0.15, 0.2) is 0 Å². The monoisotopic (exact) mass is 298 g/mol. The fourth-order valence-corrected chi connectivity index (χ4v) is 2.67. The van der Waals surface area contributed by atoms with Crippen LogP contribution < -0.4 is 0 Å². The molecule has 0 aromatic heterocycles. The van der Waals surface area contributed by atoms with E-state index in [1.165, 1.54) is 32.3 Å². The zero-order valence-electron chi connectivity index (χ0n) is 8.77. The third kappa shape index (κ3) is 3.70. The summed E-state index contributed by atoms with van der Waals surface area (Å²) in [5.41, 5.74) is 0. The van der Waals surface area contributed by atoms with Gasteiger partial charge in [0, 0.05) is 0 Å². The van der Waals surface area contributed by atoms with Crippen molar-refractivity contribution in [3.63, 3.8) is 0 Å². The van der Waals surface area contributed by atoms with Gasteiger partial charge in [-0.15, -0.1) is 0 Å². The Morgan fingerprint density at radius 3 is 0.850 bits per heavy atom. The largest absolute Gasteiger partial charge is 0.0610 e. The summed E-state index contributed by atoms with van der Waals surface area (Å²) in [6.45, 7) is 0. The van der Waals surface area contributed by atoms with Crippen LogP contribution in [-0.2, 0) is 0 Å². The quantitative estimate of drug-likeness (QED) is 0.344. The first-order chi connectivity index (χ1) is 7.93. The maximum absolute atomic E-state index is 2.21. The molecule has 0 saturated carbocycles. The van der Waals surface area contributed by atoms with Gasteiger partial charge in [-0.25, -0.2) is 0 Å². The van der Waals surface area contributed by atoms with Gasteiger partial charge < -0.3 is 0 Å². The number of rotatable bonds is 0. The van der Waals surface area contributed by atoms with Crippen LogP contribution >= 0.6 is 0 Å². The fourth-order valence-electron chi connectivity index (χ4n) is 2.67. The van der Waals surface area contributed by atoms with Crippen molar-refractivity contribution < 1.29 is 0 Å². The summed E-state index contributed by atoms with van der Waals surface area (Å²) in [4.78, 5) is 0. The second-order valence-corrected chi connectivity index (χ2v) is 4.29. The minimum absolute atomic E-state index is 0. The molecule has 4 rings (SSSR count). The minimum Gasteiger partial charge on any atom is -0.0610 e. The summed E-state index contributed by atoms with van der Waals surface area (Å²) < 4.78 is 0. The molecule has 0 spiro atoms. The maximum atomic E-state index is 2.21. The molecule has 0 aliphatic carbocycles. The molecule has 4 aromatic carbocycles. The summed E-state index contributed by atoms with van der Waals surface area (Å²) in [5.74, 6) is 0. The molecular weight excluding hydrogens is 284 g/mol. The maximum Gasteiger partial charge on any atom is -0.00268 e. The van der Waals surface area contributed by atoms with Gasteiger partial charge in [-0.2, -0.15) is 0 Å². The third-order valence-corrected chi connectivity index (χ3v) is 3.39. The smallest absolute Gasteiger partial charge is 0.00268 e. The Kier molecular flexibility index (Phi) is 10.2. The Labute approximate surface area is 207 Å². The molecule has 0 saturated heterocycles. The zero-order valence-corrected chi connectivity index (χ0v) is 8.77. The zero-order chi connectivity index (χ0) is 10.5. The summed E-state index contributed by atoms with van der Waals surface area (Å²) in [7, 11) is 0. The molecule has 0 aliphatic heterocycles. The van der Waals surface area contributed by atoms with E-state index in [1.807, 2.05) is 0 Å². The molecule has 20 heavy (non-hydrogen) atoms. The van der Waals surface area contributed by atoms with Crippen LogP contribution in [-0.4, -0.2) is 118 Å². The SMILES string of the molecule is [NaH].[NaH].[NaH].[NaH].c1cc2ccc3cccc4ccc(c1)c2c34. The Morgan fingerprint density at radius 1 is 0.350 bits per heavy atom. The van der Waals surface area contributed by atoms with Crippen molar-refractivity contribution in [1.82, 2.24) is 0 Å². The van der Waals surface area contributed by atoms with E-state index in [0.29, 0.717) is 0 Å². The first-order valence-electron chi connectivity index (χ1n) is 5.56. The molecule has 82 valence electrons. The molecule has 0 N–H and O–H groups in total. The van der Waals surface area contributed by atoms with E-state index in [-0.39, 0.29) is 118 Å². The van der Waals surface area contributed by atoms with Gasteiger partial charge >= 0.3 is 118 Å². The van der Waals surface area contributed by atoms with Crippen molar-refractivity contribution in [3.05, 3.63) is 60.7 Å².